The first-order valence-corrected chi connectivity index (χ1v) is 7.30. The Hall–Kier alpha value is -2.33. The molecule has 0 saturated carbocycles. The average molecular weight is 316 g/mol. The zero-order chi connectivity index (χ0) is 15.7. The SMILES string of the molecule is O=C(Cl)CN(CC1c2ccccc2-c2ccccc21)C(=O)O. The molecule has 5 heteroatoms. The van der Waals surface area contributed by atoms with Gasteiger partial charge in [-0.15, -0.1) is 0 Å². The lowest BCUT2D eigenvalue weighted by Crippen LogP contribution is -2.36. The first kappa shape index (κ1) is 14.6. The van der Waals surface area contributed by atoms with Gasteiger partial charge in [0.2, 0.25) is 5.24 Å². The summed E-state index contributed by atoms with van der Waals surface area (Å²) in [5, 5.41) is 8.61. The highest BCUT2D eigenvalue weighted by Gasteiger charge is 2.31. The van der Waals surface area contributed by atoms with E-state index >= 15 is 0 Å². The van der Waals surface area contributed by atoms with Crippen LogP contribution in [0.3, 0.4) is 0 Å². The first-order chi connectivity index (χ1) is 10.6. The summed E-state index contributed by atoms with van der Waals surface area (Å²) < 4.78 is 0. The number of fused-ring (bicyclic) bond motifs is 3. The van der Waals surface area contributed by atoms with E-state index in [0.717, 1.165) is 27.2 Å². The van der Waals surface area contributed by atoms with Gasteiger partial charge in [-0.25, -0.2) is 4.79 Å². The molecule has 1 aliphatic rings. The van der Waals surface area contributed by atoms with Gasteiger partial charge in [0.25, 0.3) is 0 Å². The fraction of sp³-hybridized carbons (Fsp3) is 0.176. The predicted octanol–water partition coefficient (Wildman–Crippen LogP) is 3.54. The molecule has 2 aromatic rings. The summed E-state index contributed by atoms with van der Waals surface area (Å²) >= 11 is 5.36. The number of carboxylic acid groups (broad SMARTS) is 1. The topological polar surface area (TPSA) is 57.6 Å². The van der Waals surface area contributed by atoms with Crippen molar-refractivity contribution in [3.05, 3.63) is 59.7 Å². The van der Waals surface area contributed by atoms with Crippen molar-refractivity contribution in [2.75, 3.05) is 13.1 Å². The Kier molecular flexibility index (Phi) is 3.86. The van der Waals surface area contributed by atoms with Crippen molar-refractivity contribution in [3.8, 4) is 11.1 Å². The van der Waals surface area contributed by atoms with E-state index in [0.29, 0.717) is 0 Å². The number of halogens is 1. The standard InChI is InChI=1S/C17H14ClNO3/c18-16(20)10-19(17(21)22)9-15-13-7-3-1-5-11(13)12-6-2-4-8-14(12)15/h1-8,15H,9-10H2,(H,21,22). The Morgan fingerprint density at radius 2 is 1.50 bits per heavy atom. The molecule has 0 atom stereocenters. The molecule has 1 amide bonds. The van der Waals surface area contributed by atoms with E-state index < -0.39 is 11.3 Å². The third-order valence-corrected chi connectivity index (χ3v) is 4.07. The van der Waals surface area contributed by atoms with Gasteiger partial charge in [0.05, 0.1) is 6.54 Å². The molecular weight excluding hydrogens is 302 g/mol. The van der Waals surface area contributed by atoms with Gasteiger partial charge in [-0.2, -0.15) is 0 Å². The second-order valence-corrected chi connectivity index (χ2v) is 5.67. The maximum Gasteiger partial charge on any atom is 0.407 e. The van der Waals surface area contributed by atoms with Gasteiger partial charge in [0, 0.05) is 12.5 Å². The number of hydrogen-bond donors (Lipinski definition) is 1. The Balaban J connectivity index is 2.00. The molecule has 4 nitrogen and oxygen atoms in total. The zero-order valence-corrected chi connectivity index (χ0v) is 12.5. The van der Waals surface area contributed by atoms with Crippen LogP contribution in [0.1, 0.15) is 17.0 Å². The van der Waals surface area contributed by atoms with Crippen LogP contribution < -0.4 is 0 Å². The number of nitrogens with zero attached hydrogens (tertiary/aromatic N) is 1. The van der Waals surface area contributed by atoms with Crippen molar-refractivity contribution in [1.29, 1.82) is 0 Å². The van der Waals surface area contributed by atoms with Crippen LogP contribution in [0.15, 0.2) is 48.5 Å². The minimum atomic E-state index is -1.14. The molecule has 1 aliphatic carbocycles. The largest absolute Gasteiger partial charge is 0.465 e. The van der Waals surface area contributed by atoms with E-state index in [1.807, 2.05) is 48.5 Å². The summed E-state index contributed by atoms with van der Waals surface area (Å²) in [6.45, 7) is -0.0977. The predicted molar refractivity (Wildman–Crippen MR) is 84.2 cm³/mol. The maximum atomic E-state index is 11.4. The summed E-state index contributed by atoms with van der Waals surface area (Å²) in [7, 11) is 0. The summed E-state index contributed by atoms with van der Waals surface area (Å²) in [6, 6.07) is 15.9. The highest BCUT2D eigenvalue weighted by molar-refractivity contribution is 6.64. The monoisotopic (exact) mass is 315 g/mol. The Bertz CT molecular complexity index is 699. The van der Waals surface area contributed by atoms with Crippen molar-refractivity contribution < 1.29 is 14.7 Å². The van der Waals surface area contributed by atoms with Gasteiger partial charge in [-0.05, 0) is 33.9 Å². The van der Waals surface area contributed by atoms with Crippen molar-refractivity contribution in [1.82, 2.24) is 4.90 Å². The lowest BCUT2D eigenvalue weighted by molar-refractivity contribution is -0.112. The van der Waals surface area contributed by atoms with Crippen molar-refractivity contribution in [2.45, 2.75) is 5.92 Å². The van der Waals surface area contributed by atoms with E-state index in [-0.39, 0.29) is 19.0 Å². The highest BCUT2D eigenvalue weighted by Crippen LogP contribution is 2.44. The smallest absolute Gasteiger partial charge is 0.407 e. The third kappa shape index (κ3) is 2.57. The first-order valence-electron chi connectivity index (χ1n) is 6.92. The molecule has 22 heavy (non-hydrogen) atoms. The summed E-state index contributed by atoms with van der Waals surface area (Å²) in [5.74, 6) is -0.0838. The van der Waals surface area contributed by atoms with Crippen LogP contribution >= 0.6 is 11.6 Å². The van der Waals surface area contributed by atoms with E-state index in [9.17, 15) is 14.7 Å². The number of benzene rings is 2. The minimum Gasteiger partial charge on any atom is -0.465 e. The molecule has 1 N–H and O–H groups in total. The molecule has 0 radical (unpaired) electrons. The van der Waals surface area contributed by atoms with Gasteiger partial charge in [0.15, 0.2) is 0 Å². The molecule has 3 rings (SSSR count). The van der Waals surface area contributed by atoms with Gasteiger partial charge in [-0.1, -0.05) is 48.5 Å². The van der Waals surface area contributed by atoms with Crippen LogP contribution in [-0.4, -0.2) is 34.4 Å². The summed E-state index contributed by atoms with van der Waals surface area (Å²) in [6.07, 6.45) is -1.14. The van der Waals surface area contributed by atoms with Crippen LogP contribution in [0.4, 0.5) is 4.79 Å². The Morgan fingerprint density at radius 1 is 1.00 bits per heavy atom. The molecular formula is C17H14ClNO3. The minimum absolute atomic E-state index is 0.0838. The molecule has 0 heterocycles. The molecule has 0 spiro atoms. The molecule has 0 aliphatic heterocycles. The number of rotatable bonds is 4. The average Bonchev–Trinajstić information content (AvgIpc) is 2.81. The van der Waals surface area contributed by atoms with E-state index in [1.54, 1.807) is 0 Å². The molecule has 0 fully saturated rings. The maximum absolute atomic E-state index is 11.4. The number of amides is 1. The second kappa shape index (κ2) is 5.81. The molecule has 2 aromatic carbocycles. The van der Waals surface area contributed by atoms with Crippen LogP contribution in [0.25, 0.3) is 11.1 Å². The van der Waals surface area contributed by atoms with Crippen molar-refractivity contribution >= 4 is 22.9 Å². The van der Waals surface area contributed by atoms with Crippen molar-refractivity contribution in [2.24, 2.45) is 0 Å². The quantitative estimate of drug-likeness (QED) is 0.878. The van der Waals surface area contributed by atoms with Gasteiger partial charge in [-0.3, -0.25) is 9.69 Å². The van der Waals surface area contributed by atoms with E-state index in [1.165, 1.54) is 0 Å². The summed E-state index contributed by atoms with van der Waals surface area (Å²) in [5.41, 5.74) is 4.39. The Labute approximate surface area is 132 Å². The number of hydrogen-bond acceptors (Lipinski definition) is 2. The molecule has 0 aromatic heterocycles. The van der Waals surface area contributed by atoms with Crippen LogP contribution in [0, 0.1) is 0 Å². The summed E-state index contributed by atoms with van der Waals surface area (Å²) in [4.78, 5) is 23.5. The van der Waals surface area contributed by atoms with Crippen LogP contribution in [0.5, 0.6) is 0 Å². The normalized spacial score (nSPS) is 12.6. The molecule has 112 valence electrons. The lowest BCUT2D eigenvalue weighted by Gasteiger charge is -2.22. The zero-order valence-electron chi connectivity index (χ0n) is 11.7. The lowest BCUT2D eigenvalue weighted by atomic mass is 9.96. The van der Waals surface area contributed by atoms with Gasteiger partial charge >= 0.3 is 6.09 Å². The molecule has 0 unspecified atom stereocenters. The van der Waals surface area contributed by atoms with Crippen LogP contribution in [-0.2, 0) is 4.79 Å². The second-order valence-electron chi connectivity index (χ2n) is 5.25. The van der Waals surface area contributed by atoms with Gasteiger partial charge in [0.1, 0.15) is 0 Å². The van der Waals surface area contributed by atoms with Crippen molar-refractivity contribution in [3.63, 3.8) is 0 Å². The number of carbonyl (C=O) groups excluding carboxylic acids is 1. The van der Waals surface area contributed by atoms with E-state index in [4.69, 9.17) is 11.6 Å². The fourth-order valence-electron chi connectivity index (χ4n) is 3.04. The van der Waals surface area contributed by atoms with Crippen LogP contribution in [0.2, 0.25) is 0 Å². The highest BCUT2D eigenvalue weighted by atomic mass is 35.5. The van der Waals surface area contributed by atoms with E-state index in [2.05, 4.69) is 0 Å². The third-order valence-electron chi connectivity index (χ3n) is 3.95. The Morgan fingerprint density at radius 3 is 1.95 bits per heavy atom. The molecule has 0 bridgehead atoms. The van der Waals surface area contributed by atoms with Gasteiger partial charge < -0.3 is 5.11 Å². The fourth-order valence-corrected chi connectivity index (χ4v) is 3.18. The number of carbonyl (C=O) groups is 2. The molecule has 0 saturated heterocycles.